The van der Waals surface area contributed by atoms with Gasteiger partial charge in [0.1, 0.15) is 0 Å². The standard InChI is InChI=1S/C9H8BrFN2OS/c10-6-1-3-7(4-2-6)13-5-9(11,15)12-8(13)14/h1-4,15H,5H2,(H,12,14). The van der Waals surface area contributed by atoms with Crippen LogP contribution in [0, 0.1) is 0 Å². The number of carbonyl (C=O) groups excluding carboxylic acids is 1. The minimum absolute atomic E-state index is 0.101. The van der Waals surface area contributed by atoms with Crippen LogP contribution in [0.3, 0.4) is 0 Å². The van der Waals surface area contributed by atoms with Crippen molar-refractivity contribution in [3.8, 4) is 0 Å². The molecule has 80 valence electrons. The summed E-state index contributed by atoms with van der Waals surface area (Å²) in [6, 6.07) is 6.57. The summed E-state index contributed by atoms with van der Waals surface area (Å²) in [7, 11) is 0. The van der Waals surface area contributed by atoms with Gasteiger partial charge < -0.3 is 0 Å². The normalized spacial score (nSPS) is 25.5. The fraction of sp³-hybridized carbons (Fsp3) is 0.222. The van der Waals surface area contributed by atoms with Crippen LogP contribution < -0.4 is 10.2 Å². The van der Waals surface area contributed by atoms with Crippen LogP contribution in [0.2, 0.25) is 0 Å². The summed E-state index contributed by atoms with van der Waals surface area (Å²) in [5.74, 6) is 0. The second-order valence-corrected chi connectivity index (χ2v) is 4.88. The van der Waals surface area contributed by atoms with Crippen LogP contribution in [0.4, 0.5) is 14.9 Å². The number of thiol groups is 1. The van der Waals surface area contributed by atoms with Crippen LogP contribution >= 0.6 is 28.6 Å². The van der Waals surface area contributed by atoms with Crippen molar-refractivity contribution in [3.63, 3.8) is 0 Å². The first kappa shape index (κ1) is 10.8. The maximum absolute atomic E-state index is 13.4. The van der Waals surface area contributed by atoms with Gasteiger partial charge in [0.25, 0.3) is 0 Å². The molecule has 2 rings (SSSR count). The van der Waals surface area contributed by atoms with Crippen LogP contribution in [0.25, 0.3) is 0 Å². The number of urea groups is 1. The molecule has 1 unspecified atom stereocenters. The molecule has 1 N–H and O–H groups in total. The van der Waals surface area contributed by atoms with Gasteiger partial charge in [-0.25, -0.2) is 9.18 Å². The zero-order chi connectivity index (χ0) is 11.1. The second kappa shape index (κ2) is 3.68. The van der Waals surface area contributed by atoms with E-state index < -0.39 is 11.2 Å². The van der Waals surface area contributed by atoms with Gasteiger partial charge in [0.2, 0.25) is 5.12 Å². The largest absolute Gasteiger partial charge is 0.325 e. The predicted octanol–water partition coefficient (Wildman–Crippen LogP) is 2.53. The third-order valence-electron chi connectivity index (χ3n) is 2.05. The third kappa shape index (κ3) is 2.26. The van der Waals surface area contributed by atoms with Gasteiger partial charge in [0, 0.05) is 10.2 Å². The van der Waals surface area contributed by atoms with Gasteiger partial charge in [-0.1, -0.05) is 15.9 Å². The highest BCUT2D eigenvalue weighted by Crippen LogP contribution is 2.27. The van der Waals surface area contributed by atoms with E-state index in [-0.39, 0.29) is 6.54 Å². The van der Waals surface area contributed by atoms with E-state index in [0.717, 1.165) is 4.47 Å². The monoisotopic (exact) mass is 290 g/mol. The lowest BCUT2D eigenvalue weighted by Gasteiger charge is -2.14. The third-order valence-corrected chi connectivity index (χ3v) is 2.83. The molecule has 1 fully saturated rings. The van der Waals surface area contributed by atoms with E-state index in [1.807, 2.05) is 0 Å². The molecule has 0 saturated carbocycles. The number of nitrogens with one attached hydrogen (secondary N) is 1. The fourth-order valence-electron chi connectivity index (χ4n) is 1.38. The molecule has 1 aromatic rings. The predicted molar refractivity (Wildman–Crippen MR) is 62.8 cm³/mol. The van der Waals surface area contributed by atoms with Crippen molar-refractivity contribution in [3.05, 3.63) is 28.7 Å². The molecule has 1 saturated heterocycles. The molecule has 0 radical (unpaired) electrons. The molecule has 0 bridgehead atoms. The first-order chi connectivity index (χ1) is 6.98. The Hall–Kier alpha value is -0.750. The Bertz CT molecular complexity index is 396. The quantitative estimate of drug-likeness (QED) is 0.605. The molecule has 15 heavy (non-hydrogen) atoms. The van der Waals surface area contributed by atoms with Crippen molar-refractivity contribution in [1.82, 2.24) is 5.32 Å². The molecule has 3 nitrogen and oxygen atoms in total. The molecule has 0 spiro atoms. The molecule has 1 aliphatic heterocycles. The van der Waals surface area contributed by atoms with Crippen molar-refractivity contribution >= 4 is 40.3 Å². The molecule has 1 aromatic carbocycles. The van der Waals surface area contributed by atoms with Gasteiger partial charge >= 0.3 is 6.03 Å². The smallest absolute Gasteiger partial charge is 0.295 e. The van der Waals surface area contributed by atoms with Gasteiger partial charge in [-0.2, -0.15) is 0 Å². The van der Waals surface area contributed by atoms with Gasteiger partial charge in [0.05, 0.1) is 6.54 Å². The first-order valence-electron chi connectivity index (χ1n) is 4.24. The summed E-state index contributed by atoms with van der Waals surface area (Å²) in [6.07, 6.45) is 0. The molecular formula is C9H8BrFN2OS. The zero-order valence-corrected chi connectivity index (χ0v) is 10.1. The molecule has 0 aromatic heterocycles. The molecule has 1 heterocycles. The van der Waals surface area contributed by atoms with Crippen molar-refractivity contribution in [2.45, 2.75) is 5.12 Å². The van der Waals surface area contributed by atoms with E-state index in [4.69, 9.17) is 0 Å². The maximum atomic E-state index is 13.4. The lowest BCUT2D eigenvalue weighted by atomic mass is 10.3. The summed E-state index contributed by atoms with van der Waals surface area (Å²) < 4.78 is 14.3. The minimum atomic E-state index is -1.95. The lowest BCUT2D eigenvalue weighted by Crippen LogP contribution is -2.32. The number of alkyl halides is 1. The highest BCUT2D eigenvalue weighted by Gasteiger charge is 2.40. The van der Waals surface area contributed by atoms with Crippen LogP contribution in [-0.2, 0) is 0 Å². The Morgan fingerprint density at radius 2 is 2.07 bits per heavy atom. The number of halogens is 2. The maximum Gasteiger partial charge on any atom is 0.325 e. The molecule has 2 amide bonds. The van der Waals surface area contributed by atoms with Crippen molar-refractivity contribution in [2.75, 3.05) is 11.4 Å². The summed E-state index contributed by atoms with van der Waals surface area (Å²) in [5, 5.41) is 0.175. The number of amides is 2. The van der Waals surface area contributed by atoms with E-state index in [9.17, 15) is 9.18 Å². The number of rotatable bonds is 1. The SMILES string of the molecule is O=C1NC(F)(S)CN1c1ccc(Br)cc1. The molecule has 0 aliphatic carbocycles. The molecule has 1 aliphatic rings. The molecule has 1 atom stereocenters. The number of carbonyl (C=O) groups is 1. The summed E-state index contributed by atoms with van der Waals surface area (Å²) in [6.45, 7) is -0.101. The van der Waals surface area contributed by atoms with E-state index in [2.05, 4.69) is 33.9 Å². The topological polar surface area (TPSA) is 32.3 Å². The Morgan fingerprint density at radius 3 is 2.53 bits per heavy atom. The first-order valence-corrected chi connectivity index (χ1v) is 5.48. The van der Waals surface area contributed by atoms with Crippen LogP contribution in [0.5, 0.6) is 0 Å². The zero-order valence-electron chi connectivity index (χ0n) is 7.58. The van der Waals surface area contributed by atoms with E-state index in [0.29, 0.717) is 5.69 Å². The van der Waals surface area contributed by atoms with Gasteiger partial charge in [-0.3, -0.25) is 10.2 Å². The van der Waals surface area contributed by atoms with Crippen LogP contribution in [0.15, 0.2) is 28.7 Å². The Balaban J connectivity index is 2.25. The molecule has 6 heteroatoms. The average molecular weight is 291 g/mol. The van der Waals surface area contributed by atoms with Crippen LogP contribution in [-0.4, -0.2) is 17.7 Å². The number of anilines is 1. The highest BCUT2D eigenvalue weighted by molar-refractivity contribution is 9.10. The summed E-state index contributed by atoms with van der Waals surface area (Å²) >= 11 is 6.97. The fourth-order valence-corrected chi connectivity index (χ4v) is 1.88. The van der Waals surface area contributed by atoms with E-state index in [1.54, 1.807) is 24.3 Å². The van der Waals surface area contributed by atoms with E-state index >= 15 is 0 Å². The van der Waals surface area contributed by atoms with Crippen molar-refractivity contribution in [2.24, 2.45) is 0 Å². The minimum Gasteiger partial charge on any atom is -0.295 e. The number of benzene rings is 1. The lowest BCUT2D eigenvalue weighted by molar-refractivity contribution is 0.238. The van der Waals surface area contributed by atoms with E-state index in [1.165, 1.54) is 4.90 Å². The Morgan fingerprint density at radius 1 is 1.47 bits per heavy atom. The van der Waals surface area contributed by atoms with Crippen molar-refractivity contribution in [1.29, 1.82) is 0 Å². The second-order valence-electron chi connectivity index (χ2n) is 3.25. The van der Waals surface area contributed by atoms with Crippen LogP contribution in [0.1, 0.15) is 0 Å². The average Bonchev–Trinajstić information content (AvgIpc) is 2.41. The number of nitrogens with zero attached hydrogens (tertiary/aromatic N) is 1. The molecular weight excluding hydrogens is 283 g/mol. The van der Waals surface area contributed by atoms with Crippen molar-refractivity contribution < 1.29 is 9.18 Å². The Kier molecular flexibility index (Phi) is 2.64. The van der Waals surface area contributed by atoms with Gasteiger partial charge in [0.15, 0.2) is 0 Å². The van der Waals surface area contributed by atoms with Gasteiger partial charge in [-0.05, 0) is 24.3 Å². The highest BCUT2D eigenvalue weighted by atomic mass is 79.9. The Labute approximate surface area is 100 Å². The van der Waals surface area contributed by atoms with Gasteiger partial charge in [-0.15, -0.1) is 12.6 Å². The summed E-state index contributed by atoms with van der Waals surface area (Å²) in [4.78, 5) is 12.7. The summed E-state index contributed by atoms with van der Waals surface area (Å²) in [5.41, 5.74) is 0.643. The number of hydrogen-bond donors (Lipinski definition) is 2. The number of hydrogen-bond acceptors (Lipinski definition) is 2.